The number of allylic oxidation sites excluding steroid dienone is 1. The van der Waals surface area contributed by atoms with Gasteiger partial charge in [-0.2, -0.15) is 0 Å². The minimum Gasteiger partial charge on any atom is -0.481 e. The number of benzene rings is 1. The third-order valence-electron chi connectivity index (χ3n) is 5.08. The summed E-state index contributed by atoms with van der Waals surface area (Å²) in [6, 6.07) is 10.1. The van der Waals surface area contributed by atoms with Crippen LogP contribution in [0.1, 0.15) is 19.4 Å². The molecule has 2 saturated heterocycles. The van der Waals surface area contributed by atoms with Gasteiger partial charge in [0.1, 0.15) is 5.41 Å². The largest absolute Gasteiger partial charge is 0.481 e. The van der Waals surface area contributed by atoms with Crippen LogP contribution in [0.25, 0.3) is 0 Å². The van der Waals surface area contributed by atoms with Gasteiger partial charge >= 0.3 is 5.97 Å². The fourth-order valence-electron chi connectivity index (χ4n) is 3.94. The van der Waals surface area contributed by atoms with E-state index < -0.39 is 11.4 Å². The Balaban J connectivity index is 1.73. The van der Waals surface area contributed by atoms with E-state index in [9.17, 15) is 14.7 Å². The normalized spacial score (nSPS) is 26.2. The van der Waals surface area contributed by atoms with Crippen molar-refractivity contribution in [1.82, 2.24) is 9.80 Å². The second-order valence-corrected chi connectivity index (χ2v) is 7.25. The first-order chi connectivity index (χ1) is 11.4. The molecule has 0 aromatic heterocycles. The highest BCUT2D eigenvalue weighted by Crippen LogP contribution is 2.43. The van der Waals surface area contributed by atoms with Crippen LogP contribution in [0.4, 0.5) is 0 Å². The predicted octanol–water partition coefficient (Wildman–Crippen LogP) is 2.00. The number of hydrogen-bond donors (Lipinski definition) is 1. The number of hydrogen-bond acceptors (Lipinski definition) is 3. The molecule has 1 aromatic carbocycles. The molecule has 5 heteroatoms. The van der Waals surface area contributed by atoms with Crippen molar-refractivity contribution < 1.29 is 14.7 Å². The number of aliphatic carboxylic acids is 1. The number of rotatable bonds is 4. The predicted molar refractivity (Wildman–Crippen MR) is 91.3 cm³/mol. The van der Waals surface area contributed by atoms with Gasteiger partial charge in [-0.15, -0.1) is 0 Å². The SMILES string of the molecule is CC(C)=CC(=O)N1C[C@H]2CN(Cc3ccccc3)C[C@@]2(C(=O)O)C1. The Morgan fingerprint density at radius 3 is 2.50 bits per heavy atom. The number of amides is 1. The Bertz CT molecular complexity index is 666. The molecule has 2 atom stereocenters. The standard InChI is InChI=1S/C19H24N2O3/c1-14(2)8-17(22)21-11-16-10-20(9-15-6-4-3-5-7-15)12-19(16,13-21)18(23)24/h3-8,16H,9-13H2,1-2H3,(H,23,24)/t16-,19-/m1/s1. The number of carboxylic acids is 1. The van der Waals surface area contributed by atoms with E-state index in [-0.39, 0.29) is 11.8 Å². The number of nitrogens with zero attached hydrogens (tertiary/aromatic N) is 2. The van der Waals surface area contributed by atoms with Gasteiger partial charge in [0.2, 0.25) is 5.91 Å². The zero-order chi connectivity index (χ0) is 17.3. The van der Waals surface area contributed by atoms with Crippen molar-refractivity contribution >= 4 is 11.9 Å². The molecule has 5 nitrogen and oxygen atoms in total. The molecule has 0 bridgehead atoms. The van der Waals surface area contributed by atoms with E-state index in [4.69, 9.17) is 0 Å². The van der Waals surface area contributed by atoms with Gasteiger partial charge in [-0.3, -0.25) is 14.5 Å². The second kappa shape index (κ2) is 6.40. The first-order valence-electron chi connectivity index (χ1n) is 8.34. The molecule has 0 radical (unpaired) electrons. The van der Waals surface area contributed by atoms with Gasteiger partial charge in [-0.25, -0.2) is 0 Å². The van der Waals surface area contributed by atoms with Crippen molar-refractivity contribution in [1.29, 1.82) is 0 Å². The summed E-state index contributed by atoms with van der Waals surface area (Å²) in [6.45, 7) is 6.57. The summed E-state index contributed by atoms with van der Waals surface area (Å²) >= 11 is 0. The highest BCUT2D eigenvalue weighted by Gasteiger charge is 2.58. The maximum Gasteiger partial charge on any atom is 0.313 e. The topological polar surface area (TPSA) is 60.9 Å². The molecule has 3 rings (SSSR count). The van der Waals surface area contributed by atoms with E-state index in [2.05, 4.69) is 17.0 Å². The third kappa shape index (κ3) is 3.08. The molecule has 0 unspecified atom stereocenters. The van der Waals surface area contributed by atoms with Gasteiger partial charge in [0.15, 0.2) is 0 Å². The van der Waals surface area contributed by atoms with Gasteiger partial charge in [-0.05, 0) is 19.4 Å². The summed E-state index contributed by atoms with van der Waals surface area (Å²) in [7, 11) is 0. The van der Waals surface area contributed by atoms with Gasteiger partial charge in [0, 0.05) is 44.7 Å². The van der Waals surface area contributed by atoms with Crippen LogP contribution in [-0.4, -0.2) is 53.0 Å². The molecule has 2 fully saturated rings. The van der Waals surface area contributed by atoms with Crippen LogP contribution in [0.2, 0.25) is 0 Å². The van der Waals surface area contributed by atoms with E-state index in [0.29, 0.717) is 19.6 Å². The number of carbonyl (C=O) groups is 2. The number of likely N-dealkylation sites (tertiary alicyclic amines) is 2. The quantitative estimate of drug-likeness (QED) is 0.859. The summed E-state index contributed by atoms with van der Waals surface area (Å²) in [5, 5.41) is 9.86. The van der Waals surface area contributed by atoms with Crippen LogP contribution in [0.3, 0.4) is 0 Å². The number of carbonyl (C=O) groups excluding carboxylic acids is 1. The Labute approximate surface area is 142 Å². The van der Waals surface area contributed by atoms with E-state index in [1.165, 1.54) is 5.56 Å². The first kappa shape index (κ1) is 16.7. The van der Waals surface area contributed by atoms with Crippen LogP contribution < -0.4 is 0 Å². The van der Waals surface area contributed by atoms with Crippen LogP contribution in [0.5, 0.6) is 0 Å². The molecule has 0 aliphatic carbocycles. The molecule has 2 heterocycles. The van der Waals surface area contributed by atoms with Gasteiger partial charge in [-0.1, -0.05) is 35.9 Å². The first-order valence-corrected chi connectivity index (χ1v) is 8.34. The fourth-order valence-corrected chi connectivity index (χ4v) is 3.94. The Hall–Kier alpha value is -2.14. The molecule has 24 heavy (non-hydrogen) atoms. The molecule has 0 spiro atoms. The lowest BCUT2D eigenvalue weighted by molar-refractivity contribution is -0.149. The number of fused-ring (bicyclic) bond motifs is 1. The molecule has 128 valence electrons. The van der Waals surface area contributed by atoms with Crippen molar-refractivity contribution in [3.63, 3.8) is 0 Å². The zero-order valence-corrected chi connectivity index (χ0v) is 14.2. The summed E-state index contributed by atoms with van der Waals surface area (Å²) in [5.74, 6) is -0.858. The van der Waals surface area contributed by atoms with Crippen LogP contribution in [0, 0.1) is 11.3 Å². The average molecular weight is 328 g/mol. The maximum absolute atomic E-state index is 12.3. The highest BCUT2D eigenvalue weighted by atomic mass is 16.4. The number of carboxylic acid groups (broad SMARTS) is 1. The lowest BCUT2D eigenvalue weighted by Crippen LogP contribution is -2.41. The molecule has 1 N–H and O–H groups in total. The molecule has 2 aliphatic heterocycles. The minimum absolute atomic E-state index is 0.00627. The molecule has 1 amide bonds. The van der Waals surface area contributed by atoms with E-state index in [1.807, 2.05) is 32.0 Å². The smallest absolute Gasteiger partial charge is 0.313 e. The van der Waals surface area contributed by atoms with Crippen molar-refractivity contribution in [3.8, 4) is 0 Å². The summed E-state index contributed by atoms with van der Waals surface area (Å²) in [5.41, 5.74) is 1.29. The molecule has 0 saturated carbocycles. The van der Waals surface area contributed by atoms with Crippen LogP contribution in [-0.2, 0) is 16.1 Å². The lowest BCUT2D eigenvalue weighted by atomic mass is 9.81. The van der Waals surface area contributed by atoms with Crippen molar-refractivity contribution in [3.05, 3.63) is 47.5 Å². The van der Waals surface area contributed by atoms with Crippen molar-refractivity contribution in [2.75, 3.05) is 26.2 Å². The Morgan fingerprint density at radius 1 is 1.21 bits per heavy atom. The van der Waals surface area contributed by atoms with Gasteiger partial charge < -0.3 is 10.0 Å². The van der Waals surface area contributed by atoms with Gasteiger partial charge in [0.05, 0.1) is 0 Å². The fraction of sp³-hybridized carbons (Fsp3) is 0.474. The summed E-state index contributed by atoms with van der Waals surface area (Å²) in [4.78, 5) is 28.2. The average Bonchev–Trinajstić information content (AvgIpc) is 3.02. The van der Waals surface area contributed by atoms with E-state index >= 15 is 0 Å². The molecular weight excluding hydrogens is 304 g/mol. The zero-order valence-electron chi connectivity index (χ0n) is 14.2. The van der Waals surface area contributed by atoms with Gasteiger partial charge in [0.25, 0.3) is 0 Å². The van der Waals surface area contributed by atoms with E-state index in [0.717, 1.165) is 18.7 Å². The maximum atomic E-state index is 12.3. The molecule has 1 aromatic rings. The van der Waals surface area contributed by atoms with Crippen molar-refractivity contribution in [2.45, 2.75) is 20.4 Å². The Kier molecular flexibility index (Phi) is 4.45. The lowest BCUT2D eigenvalue weighted by Gasteiger charge is -2.25. The van der Waals surface area contributed by atoms with Crippen LogP contribution >= 0.6 is 0 Å². The van der Waals surface area contributed by atoms with E-state index in [1.54, 1.807) is 11.0 Å². The Morgan fingerprint density at radius 2 is 1.92 bits per heavy atom. The minimum atomic E-state index is -0.833. The van der Waals surface area contributed by atoms with Crippen LogP contribution in [0.15, 0.2) is 42.0 Å². The summed E-state index contributed by atoms with van der Waals surface area (Å²) < 4.78 is 0. The molecular formula is C19H24N2O3. The van der Waals surface area contributed by atoms with Crippen molar-refractivity contribution in [2.24, 2.45) is 11.3 Å². The third-order valence-corrected chi connectivity index (χ3v) is 5.08. The second-order valence-electron chi connectivity index (χ2n) is 7.25. The molecule has 2 aliphatic rings. The highest BCUT2D eigenvalue weighted by molar-refractivity contribution is 5.89. The summed E-state index contributed by atoms with van der Waals surface area (Å²) in [6.07, 6.45) is 1.60. The monoisotopic (exact) mass is 328 g/mol.